The van der Waals surface area contributed by atoms with Gasteiger partial charge in [-0.2, -0.15) is 0 Å². The molecule has 5 aliphatic carbocycles. The summed E-state index contributed by atoms with van der Waals surface area (Å²) in [6.45, 7) is 11.4. The van der Waals surface area contributed by atoms with Gasteiger partial charge in [0, 0.05) is 42.0 Å². The van der Waals surface area contributed by atoms with E-state index in [2.05, 4.69) is 46.8 Å². The van der Waals surface area contributed by atoms with Gasteiger partial charge >= 0.3 is 0 Å². The number of aliphatic hydroxyl groups excluding tert-OH is 2. The summed E-state index contributed by atoms with van der Waals surface area (Å²) >= 11 is 0. The molecule has 1 aromatic carbocycles. The number of fused-ring (bicyclic) bond motifs is 4. The topological polar surface area (TPSA) is 151 Å². The molecule has 2 saturated heterocycles. The van der Waals surface area contributed by atoms with Crippen LogP contribution in [0.2, 0.25) is 0 Å². The monoisotopic (exact) mass is 759 g/mol. The lowest BCUT2D eigenvalue weighted by Crippen LogP contribution is -2.66. The number of phenols is 1. The van der Waals surface area contributed by atoms with Gasteiger partial charge in [-0.3, -0.25) is 9.59 Å². The molecule has 14 atom stereocenters. The Hall–Kier alpha value is -2.56. The second kappa shape index (κ2) is 14.1. The molecule has 5 N–H and O–H groups in total. The summed E-state index contributed by atoms with van der Waals surface area (Å²) in [5.74, 6) is -0.0881. The fourth-order valence-electron chi connectivity index (χ4n) is 13.2. The first-order chi connectivity index (χ1) is 26.1. The average Bonchev–Trinajstić information content (AvgIpc) is 3.79. The van der Waals surface area contributed by atoms with Crippen LogP contribution < -0.4 is 4.90 Å². The molecule has 302 valence electrons. The Kier molecular flexibility index (Phi) is 10.0. The van der Waals surface area contributed by atoms with Crippen LogP contribution in [0.5, 0.6) is 5.75 Å². The zero-order chi connectivity index (χ0) is 39.2. The largest absolute Gasteiger partial charge is 0.508 e. The molecule has 14 unspecified atom stereocenters. The number of ketones is 1. The summed E-state index contributed by atoms with van der Waals surface area (Å²) < 4.78 is 6.42. The van der Waals surface area contributed by atoms with E-state index in [4.69, 9.17) is 4.74 Å². The van der Waals surface area contributed by atoms with E-state index in [-0.39, 0.29) is 66.2 Å². The maximum Gasteiger partial charge on any atom is 0.227 e. The zero-order valence-corrected chi connectivity index (χ0v) is 33.6. The highest BCUT2D eigenvalue weighted by Gasteiger charge is 2.75. The van der Waals surface area contributed by atoms with Crippen LogP contribution in [0.15, 0.2) is 42.0 Å². The molecular formula is C46H65NO8. The van der Waals surface area contributed by atoms with Crippen molar-refractivity contribution in [1.82, 2.24) is 0 Å². The van der Waals surface area contributed by atoms with Crippen molar-refractivity contribution in [2.45, 2.75) is 154 Å². The van der Waals surface area contributed by atoms with E-state index in [9.17, 15) is 35.1 Å². The van der Waals surface area contributed by atoms with E-state index < -0.39 is 40.2 Å². The van der Waals surface area contributed by atoms with E-state index in [0.717, 1.165) is 36.8 Å². The number of phenolic OH excluding ortho intramolecular Hbond substituents is 1. The first-order valence-corrected chi connectivity index (χ1v) is 21.6. The standard InChI is InChI=1S/C46H65NO8/c1-6-7-8-10-29-19-40(52)47(25-29)31-17-28(18-32(48)21-31)12-15-44-30-11-9-14-45(53,42-41(55-42)27(4)26(2)3)39(44)13-16-46(44,54)34-22-36(49)35-23-37(50)38(51)24-43(35,5)33(34)20-30/h9,11,17-18,21-22,26-27,29-30,33,35,37-39,41-42,48,50-51,53-54H,6-8,10,12-16,19-20,23-25H2,1-5H3. The number of benzene rings is 1. The Bertz CT molecular complexity index is 1740. The van der Waals surface area contributed by atoms with Gasteiger partial charge in [-0.05, 0) is 122 Å². The molecule has 0 aromatic heterocycles. The third-order valence-corrected chi connectivity index (χ3v) is 16.5. The summed E-state index contributed by atoms with van der Waals surface area (Å²) in [5.41, 5.74) is -1.84. The maximum atomic E-state index is 14.1. The number of carbonyl (C=O) groups excluding carboxylic acids is 2. The van der Waals surface area contributed by atoms with Crippen molar-refractivity contribution in [3.63, 3.8) is 0 Å². The van der Waals surface area contributed by atoms with Crippen molar-refractivity contribution in [2.24, 2.45) is 52.3 Å². The van der Waals surface area contributed by atoms with Gasteiger partial charge in [0.05, 0.1) is 23.9 Å². The highest BCUT2D eigenvalue weighted by atomic mass is 16.6. The highest BCUT2D eigenvalue weighted by Crippen LogP contribution is 2.73. The number of unbranched alkanes of at least 4 members (excludes halogenated alkanes) is 2. The molecule has 0 spiro atoms. The van der Waals surface area contributed by atoms with Gasteiger partial charge < -0.3 is 35.2 Å². The highest BCUT2D eigenvalue weighted by molar-refractivity contribution is 5.96. The predicted octanol–water partition coefficient (Wildman–Crippen LogP) is 6.42. The number of aromatic hydroxyl groups is 1. The van der Waals surface area contributed by atoms with E-state index >= 15 is 0 Å². The minimum Gasteiger partial charge on any atom is -0.508 e. The number of epoxide rings is 1. The van der Waals surface area contributed by atoms with E-state index in [1.165, 1.54) is 0 Å². The SMILES string of the molecule is CCCCCC1CC(=O)N(c2cc(O)cc(CCC34C5C=CCC(O)(C6OC6C(C)C(C)C)C3CCC4(O)C3=CC(=O)C4CC(O)C(O)CC4(C)C3C5)c2)C1. The van der Waals surface area contributed by atoms with Gasteiger partial charge in [0.1, 0.15) is 17.5 Å². The van der Waals surface area contributed by atoms with Crippen LogP contribution in [-0.2, 0) is 20.7 Å². The zero-order valence-electron chi connectivity index (χ0n) is 33.6. The van der Waals surface area contributed by atoms with E-state index in [1.807, 2.05) is 11.0 Å². The minimum atomic E-state index is -1.41. The Morgan fingerprint density at radius 3 is 2.55 bits per heavy atom. The molecule has 3 saturated carbocycles. The number of hydrogen-bond donors (Lipinski definition) is 5. The van der Waals surface area contributed by atoms with Crippen LogP contribution in [0.3, 0.4) is 0 Å². The van der Waals surface area contributed by atoms with Crippen LogP contribution >= 0.6 is 0 Å². The summed E-state index contributed by atoms with van der Waals surface area (Å²) in [4.78, 5) is 29.2. The van der Waals surface area contributed by atoms with Crippen LogP contribution in [0.25, 0.3) is 0 Å². The molecule has 8 rings (SSSR count). The Labute approximate surface area is 327 Å². The quantitative estimate of drug-likeness (QED) is 0.0986. The number of aliphatic hydroxyl groups is 4. The normalized spacial score (nSPS) is 43.9. The van der Waals surface area contributed by atoms with Crippen molar-refractivity contribution < 1.29 is 39.9 Å². The smallest absolute Gasteiger partial charge is 0.227 e. The number of hydrogen-bond acceptors (Lipinski definition) is 8. The molecular weight excluding hydrogens is 695 g/mol. The molecule has 9 heteroatoms. The number of nitrogens with zero attached hydrogens (tertiary/aromatic N) is 1. The van der Waals surface area contributed by atoms with Crippen LogP contribution in [-0.4, -0.2) is 79.4 Å². The van der Waals surface area contributed by atoms with Gasteiger partial charge in [0.2, 0.25) is 5.91 Å². The fraction of sp³-hybridized carbons (Fsp3) is 0.739. The van der Waals surface area contributed by atoms with Crippen molar-refractivity contribution >= 4 is 17.4 Å². The van der Waals surface area contributed by atoms with Crippen LogP contribution in [0, 0.1) is 52.3 Å². The van der Waals surface area contributed by atoms with E-state index in [1.54, 1.807) is 18.2 Å². The number of carbonyl (C=O) groups is 2. The van der Waals surface area contributed by atoms with Crippen molar-refractivity contribution in [1.29, 1.82) is 0 Å². The van der Waals surface area contributed by atoms with Gasteiger partial charge in [-0.1, -0.05) is 66.0 Å². The van der Waals surface area contributed by atoms with Gasteiger partial charge in [0.15, 0.2) is 5.78 Å². The lowest BCUT2D eigenvalue weighted by molar-refractivity contribution is -0.182. The van der Waals surface area contributed by atoms with Gasteiger partial charge in [-0.15, -0.1) is 0 Å². The maximum absolute atomic E-state index is 14.1. The Morgan fingerprint density at radius 2 is 1.80 bits per heavy atom. The Balaban J connectivity index is 1.18. The molecule has 0 radical (unpaired) electrons. The molecule has 7 aliphatic rings. The summed E-state index contributed by atoms with van der Waals surface area (Å²) in [5, 5.41) is 59.4. The van der Waals surface area contributed by atoms with Gasteiger partial charge in [0.25, 0.3) is 0 Å². The number of allylic oxidation sites excluding steroid dienone is 2. The number of ether oxygens (including phenoxy) is 1. The van der Waals surface area contributed by atoms with Crippen LogP contribution in [0.1, 0.15) is 117 Å². The average molecular weight is 760 g/mol. The number of anilines is 1. The molecule has 2 heterocycles. The second-order valence-corrected chi connectivity index (χ2v) is 19.7. The molecule has 55 heavy (non-hydrogen) atoms. The lowest BCUT2D eigenvalue weighted by Gasteiger charge is -2.63. The van der Waals surface area contributed by atoms with Crippen molar-refractivity contribution in [3.05, 3.63) is 47.6 Å². The third-order valence-electron chi connectivity index (χ3n) is 16.5. The van der Waals surface area contributed by atoms with Crippen molar-refractivity contribution in [2.75, 3.05) is 11.4 Å². The third kappa shape index (κ3) is 6.11. The summed E-state index contributed by atoms with van der Waals surface area (Å²) in [7, 11) is 0. The molecule has 5 fully saturated rings. The molecule has 2 aliphatic heterocycles. The second-order valence-electron chi connectivity index (χ2n) is 19.7. The number of amides is 1. The minimum absolute atomic E-state index is 0.0806. The predicted molar refractivity (Wildman–Crippen MR) is 210 cm³/mol. The fourth-order valence-corrected chi connectivity index (χ4v) is 13.2. The number of aryl methyl sites for hydroxylation is 1. The first kappa shape index (κ1) is 39.3. The lowest BCUT2D eigenvalue weighted by atomic mass is 9.42. The first-order valence-electron chi connectivity index (χ1n) is 21.6. The molecule has 1 aromatic rings. The summed E-state index contributed by atoms with van der Waals surface area (Å²) in [6.07, 6.45) is 12.1. The van der Waals surface area contributed by atoms with E-state index in [0.29, 0.717) is 69.0 Å². The Morgan fingerprint density at radius 1 is 1.02 bits per heavy atom. The van der Waals surface area contributed by atoms with Crippen LogP contribution in [0.4, 0.5) is 5.69 Å². The molecule has 9 nitrogen and oxygen atoms in total. The van der Waals surface area contributed by atoms with Gasteiger partial charge in [-0.25, -0.2) is 0 Å². The van der Waals surface area contributed by atoms with Crippen molar-refractivity contribution in [3.8, 4) is 5.75 Å². The number of rotatable bonds is 11. The molecule has 0 bridgehead atoms. The summed E-state index contributed by atoms with van der Waals surface area (Å²) in [6, 6.07) is 5.46. The molecule has 1 amide bonds.